The molecule has 2 aromatic heterocycles. The van der Waals surface area contributed by atoms with Gasteiger partial charge in [-0.3, -0.25) is 4.90 Å². The minimum atomic E-state index is -4.35. The van der Waals surface area contributed by atoms with Gasteiger partial charge >= 0.3 is 6.18 Å². The summed E-state index contributed by atoms with van der Waals surface area (Å²) in [6, 6.07) is 7.63. The fraction of sp³-hybridized carbons (Fsp3) is 0.421. The molecule has 0 bridgehead atoms. The van der Waals surface area contributed by atoms with Crippen molar-refractivity contribution in [1.29, 1.82) is 0 Å². The number of nitrogens with zero attached hydrogens (tertiary/aromatic N) is 4. The molecule has 0 amide bonds. The second-order valence-electron chi connectivity index (χ2n) is 7.05. The number of hydrogen-bond acceptors (Lipinski definition) is 6. The molecule has 1 aliphatic rings. The first kappa shape index (κ1) is 19.1. The Morgan fingerprint density at radius 3 is 2.86 bits per heavy atom. The van der Waals surface area contributed by atoms with E-state index in [1.54, 1.807) is 12.1 Å². The Morgan fingerprint density at radius 1 is 1.29 bits per heavy atom. The van der Waals surface area contributed by atoms with Crippen molar-refractivity contribution in [1.82, 2.24) is 19.6 Å². The van der Waals surface area contributed by atoms with E-state index in [1.807, 2.05) is 13.0 Å². The van der Waals surface area contributed by atoms with Crippen LogP contribution in [-0.2, 0) is 12.7 Å². The number of benzene rings is 1. The molecular formula is C19H19F3N4OS. The molecule has 0 radical (unpaired) electrons. The maximum Gasteiger partial charge on any atom is 0.416 e. The average molecular weight is 408 g/mol. The highest BCUT2D eigenvalue weighted by molar-refractivity contribution is 7.09. The van der Waals surface area contributed by atoms with Crippen molar-refractivity contribution < 1.29 is 17.7 Å². The summed E-state index contributed by atoms with van der Waals surface area (Å²) in [6.45, 7) is 3.51. The van der Waals surface area contributed by atoms with Crippen molar-refractivity contribution in [2.75, 3.05) is 13.1 Å². The second kappa shape index (κ2) is 7.63. The second-order valence-corrected chi connectivity index (χ2v) is 7.80. The van der Waals surface area contributed by atoms with Gasteiger partial charge in [0.05, 0.1) is 17.0 Å². The van der Waals surface area contributed by atoms with Crippen LogP contribution >= 0.6 is 11.5 Å². The van der Waals surface area contributed by atoms with Crippen LogP contribution in [0.1, 0.15) is 41.3 Å². The molecule has 0 spiro atoms. The van der Waals surface area contributed by atoms with Gasteiger partial charge in [0.1, 0.15) is 4.88 Å². The number of alkyl halides is 3. The molecule has 1 fully saturated rings. The molecule has 1 aromatic carbocycles. The molecular weight excluding hydrogens is 389 g/mol. The first-order valence-corrected chi connectivity index (χ1v) is 9.82. The molecule has 1 aliphatic heterocycles. The van der Waals surface area contributed by atoms with Crippen LogP contribution in [0.2, 0.25) is 0 Å². The van der Waals surface area contributed by atoms with E-state index in [-0.39, 0.29) is 12.5 Å². The zero-order valence-electron chi connectivity index (χ0n) is 15.2. The van der Waals surface area contributed by atoms with Gasteiger partial charge in [0.2, 0.25) is 0 Å². The van der Waals surface area contributed by atoms with Crippen LogP contribution < -0.4 is 0 Å². The number of hydrogen-bond donors (Lipinski definition) is 0. The highest BCUT2D eigenvalue weighted by Gasteiger charge is 2.34. The van der Waals surface area contributed by atoms with E-state index in [0.29, 0.717) is 17.9 Å². The predicted octanol–water partition coefficient (Wildman–Crippen LogP) is 4.90. The van der Waals surface area contributed by atoms with Crippen LogP contribution in [0.3, 0.4) is 0 Å². The molecule has 3 aromatic rings. The summed E-state index contributed by atoms with van der Waals surface area (Å²) in [7, 11) is 0. The van der Waals surface area contributed by atoms with Crippen molar-refractivity contribution in [3.8, 4) is 10.6 Å². The molecule has 5 nitrogen and oxygen atoms in total. The third kappa shape index (κ3) is 3.95. The summed E-state index contributed by atoms with van der Waals surface area (Å²) in [6.07, 6.45) is -2.53. The fourth-order valence-electron chi connectivity index (χ4n) is 3.70. The molecule has 148 valence electrons. The van der Waals surface area contributed by atoms with Crippen LogP contribution in [0.15, 0.2) is 34.9 Å². The van der Waals surface area contributed by atoms with Gasteiger partial charge in [0.25, 0.3) is 0 Å². The smallest absolute Gasteiger partial charge is 0.355 e. The van der Waals surface area contributed by atoms with Gasteiger partial charge in [-0.1, -0.05) is 27.8 Å². The Bertz CT molecular complexity index is 953. The van der Waals surface area contributed by atoms with Gasteiger partial charge in [0, 0.05) is 25.1 Å². The van der Waals surface area contributed by atoms with Crippen LogP contribution in [0, 0.1) is 6.92 Å². The Labute approximate surface area is 164 Å². The van der Waals surface area contributed by atoms with Crippen molar-refractivity contribution in [3.63, 3.8) is 0 Å². The standard InChI is InChI=1S/C19H19F3N4OS/c1-12-9-16(27-24-12)18-17(23-25-28-18)14-6-4-8-26(11-14)10-13-5-2-3-7-15(13)19(20,21)22/h2-3,5,7,9,14H,4,6,8,10-11H2,1H3/t14-/m0/s1. The zero-order chi connectivity index (χ0) is 19.7. The Kier molecular flexibility index (Phi) is 5.20. The van der Waals surface area contributed by atoms with E-state index in [9.17, 15) is 13.2 Å². The lowest BCUT2D eigenvalue weighted by atomic mass is 9.93. The van der Waals surface area contributed by atoms with Crippen LogP contribution in [0.4, 0.5) is 13.2 Å². The topological polar surface area (TPSA) is 55.1 Å². The first-order chi connectivity index (χ1) is 13.4. The summed E-state index contributed by atoms with van der Waals surface area (Å²) in [5.74, 6) is 0.744. The van der Waals surface area contributed by atoms with Gasteiger partial charge < -0.3 is 4.52 Å². The van der Waals surface area contributed by atoms with Gasteiger partial charge in [0.15, 0.2) is 5.76 Å². The summed E-state index contributed by atoms with van der Waals surface area (Å²) >= 11 is 1.26. The molecule has 0 unspecified atom stereocenters. The maximum atomic E-state index is 13.3. The highest BCUT2D eigenvalue weighted by Crippen LogP contribution is 2.37. The van der Waals surface area contributed by atoms with E-state index in [4.69, 9.17) is 4.52 Å². The third-order valence-corrected chi connectivity index (χ3v) is 5.73. The summed E-state index contributed by atoms with van der Waals surface area (Å²) in [5, 5.41) is 8.22. The number of rotatable bonds is 4. The first-order valence-electron chi connectivity index (χ1n) is 9.05. The van der Waals surface area contributed by atoms with Crippen molar-refractivity contribution >= 4 is 11.5 Å². The molecule has 4 rings (SSSR count). The summed E-state index contributed by atoms with van der Waals surface area (Å²) < 4.78 is 49.3. The molecule has 9 heteroatoms. The van der Waals surface area contributed by atoms with Crippen molar-refractivity contribution in [2.45, 2.75) is 38.4 Å². The Morgan fingerprint density at radius 2 is 2.11 bits per heavy atom. The fourth-order valence-corrected chi connectivity index (χ4v) is 4.40. The Balaban J connectivity index is 1.53. The number of aryl methyl sites for hydroxylation is 1. The number of aromatic nitrogens is 3. The molecule has 1 saturated heterocycles. The van der Waals surface area contributed by atoms with E-state index in [0.717, 1.165) is 41.7 Å². The molecule has 0 N–H and O–H groups in total. The third-order valence-electron chi connectivity index (χ3n) is 4.97. The monoisotopic (exact) mass is 408 g/mol. The van der Waals surface area contributed by atoms with E-state index >= 15 is 0 Å². The zero-order valence-corrected chi connectivity index (χ0v) is 16.1. The lowest BCUT2D eigenvalue weighted by Crippen LogP contribution is -2.34. The highest BCUT2D eigenvalue weighted by atomic mass is 32.1. The van der Waals surface area contributed by atoms with Gasteiger partial charge in [-0.25, -0.2) is 0 Å². The lowest BCUT2D eigenvalue weighted by molar-refractivity contribution is -0.138. The van der Waals surface area contributed by atoms with Crippen LogP contribution in [0.5, 0.6) is 0 Å². The minimum absolute atomic E-state index is 0.103. The van der Waals surface area contributed by atoms with Crippen molar-refractivity contribution in [3.05, 3.63) is 52.8 Å². The van der Waals surface area contributed by atoms with Crippen LogP contribution in [0.25, 0.3) is 10.6 Å². The predicted molar refractivity (Wildman–Crippen MR) is 98.8 cm³/mol. The summed E-state index contributed by atoms with van der Waals surface area (Å²) in [5.41, 5.74) is 1.36. The average Bonchev–Trinajstić information content (AvgIpc) is 3.30. The van der Waals surface area contributed by atoms with E-state index in [2.05, 4.69) is 19.6 Å². The van der Waals surface area contributed by atoms with E-state index < -0.39 is 11.7 Å². The number of halogens is 3. The summed E-state index contributed by atoms with van der Waals surface area (Å²) in [4.78, 5) is 2.91. The van der Waals surface area contributed by atoms with Gasteiger partial charge in [-0.05, 0) is 49.5 Å². The number of likely N-dealkylation sites (tertiary alicyclic amines) is 1. The molecule has 3 heterocycles. The van der Waals surface area contributed by atoms with Gasteiger partial charge in [-0.15, -0.1) is 5.10 Å². The SMILES string of the molecule is Cc1cc(-c2snnc2[C@H]2CCCN(Cc3ccccc3C(F)(F)F)C2)on1. The molecule has 1 atom stereocenters. The van der Waals surface area contributed by atoms with Crippen molar-refractivity contribution in [2.24, 2.45) is 0 Å². The Hall–Kier alpha value is -2.26. The van der Waals surface area contributed by atoms with E-state index in [1.165, 1.54) is 17.6 Å². The maximum absolute atomic E-state index is 13.3. The minimum Gasteiger partial charge on any atom is -0.355 e. The quantitative estimate of drug-likeness (QED) is 0.615. The normalized spacial score (nSPS) is 18.5. The molecule has 28 heavy (non-hydrogen) atoms. The van der Waals surface area contributed by atoms with Crippen LogP contribution in [-0.4, -0.2) is 32.7 Å². The number of piperidine rings is 1. The largest absolute Gasteiger partial charge is 0.416 e. The molecule has 0 saturated carbocycles. The molecule has 0 aliphatic carbocycles. The lowest BCUT2D eigenvalue weighted by Gasteiger charge is -2.32. The van der Waals surface area contributed by atoms with Gasteiger partial charge in [-0.2, -0.15) is 13.2 Å².